The number of aromatic nitrogens is 3. The summed E-state index contributed by atoms with van der Waals surface area (Å²) < 4.78 is 2.03. The predicted molar refractivity (Wildman–Crippen MR) is 60.9 cm³/mol. The van der Waals surface area contributed by atoms with Crippen LogP contribution < -0.4 is 0 Å². The van der Waals surface area contributed by atoms with Gasteiger partial charge in [0.1, 0.15) is 18.4 Å². The Morgan fingerprint density at radius 1 is 1.31 bits per heavy atom. The summed E-state index contributed by atoms with van der Waals surface area (Å²) in [5, 5.41) is 7.66. The maximum absolute atomic E-state index is 11.9. The molecule has 1 heterocycles. The molecule has 1 aromatic heterocycles. The summed E-state index contributed by atoms with van der Waals surface area (Å²) >= 11 is 0. The van der Waals surface area contributed by atoms with Crippen LogP contribution in [0.1, 0.15) is 46.1 Å². The lowest BCUT2D eigenvalue weighted by Gasteiger charge is -2.36. The van der Waals surface area contributed by atoms with Crippen LogP contribution in [-0.4, -0.2) is 20.5 Å². The standard InChI is InChI=1S/C12H19N3O/c1-12(2,3)10-6-9(4-5-11(10)16)15-7-13-14-8-15/h7-10H,4-6H2,1-3H3. The molecule has 0 saturated heterocycles. The molecule has 0 spiro atoms. The smallest absolute Gasteiger partial charge is 0.136 e. The van der Waals surface area contributed by atoms with Crippen molar-refractivity contribution in [2.45, 2.75) is 46.1 Å². The van der Waals surface area contributed by atoms with Crippen molar-refractivity contribution in [3.8, 4) is 0 Å². The number of hydrogen-bond donors (Lipinski definition) is 0. The lowest BCUT2D eigenvalue weighted by Crippen LogP contribution is -2.35. The number of ketones is 1. The molecule has 0 radical (unpaired) electrons. The van der Waals surface area contributed by atoms with Gasteiger partial charge in [0.25, 0.3) is 0 Å². The van der Waals surface area contributed by atoms with Crippen molar-refractivity contribution in [3.05, 3.63) is 12.7 Å². The molecule has 4 nitrogen and oxygen atoms in total. The molecule has 1 fully saturated rings. The summed E-state index contributed by atoms with van der Waals surface area (Å²) in [7, 11) is 0. The van der Waals surface area contributed by atoms with E-state index in [-0.39, 0.29) is 11.3 Å². The third-order valence-electron chi connectivity index (χ3n) is 3.52. The van der Waals surface area contributed by atoms with Gasteiger partial charge in [0.05, 0.1) is 0 Å². The lowest BCUT2D eigenvalue weighted by molar-refractivity contribution is -0.129. The largest absolute Gasteiger partial charge is 0.317 e. The Bertz CT molecular complexity index is 364. The number of rotatable bonds is 1. The number of carbonyl (C=O) groups excluding carboxylic acids is 1. The first kappa shape index (κ1) is 11.3. The minimum atomic E-state index is 0.0593. The van der Waals surface area contributed by atoms with Crippen molar-refractivity contribution in [2.24, 2.45) is 11.3 Å². The molecule has 88 valence electrons. The van der Waals surface area contributed by atoms with Crippen LogP contribution in [0.4, 0.5) is 0 Å². The van der Waals surface area contributed by atoms with E-state index in [4.69, 9.17) is 0 Å². The molecule has 1 aliphatic carbocycles. The summed E-state index contributed by atoms with van der Waals surface area (Å²) in [4.78, 5) is 11.9. The molecule has 0 aliphatic heterocycles. The first-order valence-corrected chi connectivity index (χ1v) is 5.85. The van der Waals surface area contributed by atoms with Crippen LogP contribution in [0.25, 0.3) is 0 Å². The summed E-state index contributed by atoms with van der Waals surface area (Å²) in [6, 6.07) is 0.386. The molecule has 0 amide bonds. The molecule has 1 aromatic rings. The van der Waals surface area contributed by atoms with Crippen molar-refractivity contribution in [3.63, 3.8) is 0 Å². The van der Waals surface area contributed by atoms with E-state index in [2.05, 4.69) is 31.0 Å². The third-order valence-corrected chi connectivity index (χ3v) is 3.52. The fraction of sp³-hybridized carbons (Fsp3) is 0.750. The summed E-state index contributed by atoms with van der Waals surface area (Å²) in [6.45, 7) is 6.43. The minimum Gasteiger partial charge on any atom is -0.317 e. The Morgan fingerprint density at radius 2 is 1.94 bits per heavy atom. The average molecular weight is 221 g/mol. The summed E-state index contributed by atoms with van der Waals surface area (Å²) in [5.74, 6) is 0.575. The topological polar surface area (TPSA) is 47.8 Å². The van der Waals surface area contributed by atoms with E-state index in [1.807, 2.05) is 4.57 Å². The van der Waals surface area contributed by atoms with Gasteiger partial charge in [0.15, 0.2) is 0 Å². The van der Waals surface area contributed by atoms with Crippen LogP contribution in [0.2, 0.25) is 0 Å². The molecular weight excluding hydrogens is 202 g/mol. The van der Waals surface area contributed by atoms with Crippen LogP contribution in [-0.2, 0) is 4.79 Å². The number of nitrogens with zero attached hydrogens (tertiary/aromatic N) is 3. The average Bonchev–Trinajstić information content (AvgIpc) is 2.69. The Hall–Kier alpha value is -1.19. The normalized spacial score (nSPS) is 27.1. The Balaban J connectivity index is 2.14. The van der Waals surface area contributed by atoms with Crippen LogP contribution in [0.3, 0.4) is 0 Å². The first-order valence-electron chi connectivity index (χ1n) is 5.85. The van der Waals surface area contributed by atoms with Gasteiger partial charge in [-0.1, -0.05) is 20.8 Å². The molecule has 2 unspecified atom stereocenters. The van der Waals surface area contributed by atoms with Crippen LogP contribution in [0.5, 0.6) is 0 Å². The molecule has 1 aliphatic rings. The maximum atomic E-state index is 11.9. The molecule has 2 rings (SSSR count). The number of Topliss-reactive ketones (excluding diaryl/α,β-unsaturated/α-hetero) is 1. The highest BCUT2D eigenvalue weighted by Gasteiger charge is 2.36. The van der Waals surface area contributed by atoms with E-state index in [0.717, 1.165) is 12.8 Å². The van der Waals surface area contributed by atoms with Gasteiger partial charge in [-0.15, -0.1) is 10.2 Å². The summed E-state index contributed by atoms with van der Waals surface area (Å²) in [6.07, 6.45) is 6.02. The molecule has 0 aromatic carbocycles. The lowest BCUT2D eigenvalue weighted by atomic mass is 9.70. The second kappa shape index (κ2) is 4.00. The molecule has 1 saturated carbocycles. The van der Waals surface area contributed by atoms with Gasteiger partial charge >= 0.3 is 0 Å². The van der Waals surface area contributed by atoms with E-state index in [0.29, 0.717) is 18.2 Å². The summed E-state index contributed by atoms with van der Waals surface area (Å²) in [5.41, 5.74) is 0.0593. The first-order chi connectivity index (χ1) is 7.48. The van der Waals surface area contributed by atoms with E-state index < -0.39 is 0 Å². The quantitative estimate of drug-likeness (QED) is 0.730. The van der Waals surface area contributed by atoms with Gasteiger partial charge in [-0.25, -0.2) is 0 Å². The fourth-order valence-corrected chi connectivity index (χ4v) is 2.51. The molecule has 4 heteroatoms. The zero-order valence-electron chi connectivity index (χ0n) is 10.2. The van der Waals surface area contributed by atoms with Crippen molar-refractivity contribution in [1.29, 1.82) is 0 Å². The maximum Gasteiger partial charge on any atom is 0.136 e. The van der Waals surface area contributed by atoms with Crippen molar-refractivity contribution in [1.82, 2.24) is 14.8 Å². The van der Waals surface area contributed by atoms with E-state index >= 15 is 0 Å². The molecule has 16 heavy (non-hydrogen) atoms. The van der Waals surface area contributed by atoms with Crippen LogP contribution in [0, 0.1) is 11.3 Å². The van der Waals surface area contributed by atoms with Crippen LogP contribution >= 0.6 is 0 Å². The highest BCUT2D eigenvalue weighted by atomic mass is 16.1. The Kier molecular flexibility index (Phi) is 2.82. The predicted octanol–water partition coefficient (Wildman–Crippen LogP) is 2.23. The zero-order chi connectivity index (χ0) is 11.8. The minimum absolute atomic E-state index is 0.0593. The van der Waals surface area contributed by atoms with Gasteiger partial charge in [0, 0.05) is 18.4 Å². The highest BCUT2D eigenvalue weighted by molar-refractivity contribution is 5.82. The van der Waals surface area contributed by atoms with E-state index in [1.54, 1.807) is 12.7 Å². The van der Waals surface area contributed by atoms with Gasteiger partial charge in [-0.2, -0.15) is 0 Å². The second-order valence-corrected chi connectivity index (χ2v) is 5.72. The molecule has 0 bridgehead atoms. The SMILES string of the molecule is CC(C)(C)C1CC(n2cnnc2)CCC1=O. The van der Waals surface area contributed by atoms with Gasteiger partial charge in [-0.05, 0) is 18.3 Å². The molecule has 2 atom stereocenters. The third kappa shape index (κ3) is 2.15. The fourth-order valence-electron chi connectivity index (χ4n) is 2.51. The van der Waals surface area contributed by atoms with E-state index in [1.165, 1.54) is 0 Å². The Morgan fingerprint density at radius 3 is 2.50 bits per heavy atom. The molecular formula is C12H19N3O. The number of carbonyl (C=O) groups is 1. The van der Waals surface area contributed by atoms with Gasteiger partial charge < -0.3 is 4.57 Å². The zero-order valence-corrected chi connectivity index (χ0v) is 10.2. The van der Waals surface area contributed by atoms with Crippen LogP contribution in [0.15, 0.2) is 12.7 Å². The second-order valence-electron chi connectivity index (χ2n) is 5.72. The Labute approximate surface area is 96.1 Å². The van der Waals surface area contributed by atoms with Crippen molar-refractivity contribution in [2.75, 3.05) is 0 Å². The monoisotopic (exact) mass is 221 g/mol. The highest BCUT2D eigenvalue weighted by Crippen LogP contribution is 2.39. The van der Waals surface area contributed by atoms with Crippen molar-refractivity contribution >= 4 is 5.78 Å². The van der Waals surface area contributed by atoms with E-state index in [9.17, 15) is 4.79 Å². The molecule has 0 N–H and O–H groups in total. The number of hydrogen-bond acceptors (Lipinski definition) is 3. The van der Waals surface area contributed by atoms with Gasteiger partial charge in [0.2, 0.25) is 0 Å². The van der Waals surface area contributed by atoms with Gasteiger partial charge in [-0.3, -0.25) is 4.79 Å². The van der Waals surface area contributed by atoms with Crippen molar-refractivity contribution < 1.29 is 4.79 Å².